The van der Waals surface area contributed by atoms with Gasteiger partial charge in [0, 0.05) is 18.2 Å². The molecular weight excluding hydrogens is 416 g/mol. The van der Waals surface area contributed by atoms with Gasteiger partial charge in [0.2, 0.25) is 11.7 Å². The molecule has 1 unspecified atom stereocenters. The highest BCUT2D eigenvalue weighted by Gasteiger charge is 2.11. The van der Waals surface area contributed by atoms with Crippen LogP contribution >= 0.6 is 0 Å². The summed E-state index contributed by atoms with van der Waals surface area (Å²) in [4.78, 5) is 18.2. The van der Waals surface area contributed by atoms with Crippen LogP contribution in [0.2, 0.25) is 0 Å². The molecule has 168 valence electrons. The molecule has 0 fully saturated rings. The third-order valence-corrected chi connectivity index (χ3v) is 5.10. The van der Waals surface area contributed by atoms with Gasteiger partial charge in [0.25, 0.3) is 0 Å². The number of amides is 1. The van der Waals surface area contributed by atoms with Crippen LogP contribution in [-0.2, 0) is 17.9 Å². The van der Waals surface area contributed by atoms with Crippen molar-refractivity contribution in [3.8, 4) is 17.1 Å². The number of aryl methyl sites for hydroxylation is 1. The van der Waals surface area contributed by atoms with Gasteiger partial charge >= 0.3 is 0 Å². The highest BCUT2D eigenvalue weighted by Crippen LogP contribution is 2.20. The normalized spacial score (nSPS) is 11.7. The number of nitrogens with zero attached hydrogens (tertiary/aromatic N) is 5. The Kier molecular flexibility index (Phi) is 7.37. The van der Waals surface area contributed by atoms with E-state index in [9.17, 15) is 4.79 Å². The Bertz CT molecular complexity index is 1160. The van der Waals surface area contributed by atoms with E-state index >= 15 is 0 Å². The molecule has 1 N–H and O–H groups in total. The van der Waals surface area contributed by atoms with Gasteiger partial charge < -0.3 is 10.1 Å². The Hall–Kier alpha value is -4.07. The van der Waals surface area contributed by atoms with E-state index in [0.29, 0.717) is 31.8 Å². The molecule has 0 radical (unpaired) electrons. The maximum absolute atomic E-state index is 12.4. The fraction of sp³-hybridized carbons (Fsp3) is 0.240. The zero-order valence-corrected chi connectivity index (χ0v) is 18.5. The SMILES string of the molecule is CC(NC(=O)CCCn1nnc(-c2ccccc2)n1)c1cccc(OCc2ccccn2)c1. The van der Waals surface area contributed by atoms with Gasteiger partial charge in [0.1, 0.15) is 12.4 Å². The molecule has 8 heteroatoms. The fourth-order valence-corrected chi connectivity index (χ4v) is 3.33. The first-order valence-electron chi connectivity index (χ1n) is 10.9. The van der Waals surface area contributed by atoms with E-state index in [1.165, 1.54) is 4.80 Å². The largest absolute Gasteiger partial charge is 0.487 e. The lowest BCUT2D eigenvalue weighted by atomic mass is 10.1. The first-order chi connectivity index (χ1) is 16.2. The molecule has 0 spiro atoms. The van der Waals surface area contributed by atoms with Crippen molar-refractivity contribution in [1.82, 2.24) is 30.5 Å². The van der Waals surface area contributed by atoms with Crippen molar-refractivity contribution in [3.05, 3.63) is 90.3 Å². The van der Waals surface area contributed by atoms with Gasteiger partial charge in [0.15, 0.2) is 0 Å². The van der Waals surface area contributed by atoms with Gasteiger partial charge in [0.05, 0.1) is 18.3 Å². The molecular formula is C25H26N6O2. The van der Waals surface area contributed by atoms with Crippen LogP contribution in [0.1, 0.15) is 37.1 Å². The first kappa shape index (κ1) is 22.1. The van der Waals surface area contributed by atoms with Crippen LogP contribution in [0.5, 0.6) is 5.75 Å². The van der Waals surface area contributed by atoms with E-state index in [2.05, 4.69) is 25.7 Å². The molecule has 2 aromatic heterocycles. The van der Waals surface area contributed by atoms with Gasteiger partial charge in [-0.25, -0.2) is 0 Å². The smallest absolute Gasteiger partial charge is 0.220 e. The average Bonchev–Trinajstić information content (AvgIpc) is 3.33. The Morgan fingerprint density at radius 2 is 1.91 bits per heavy atom. The minimum absolute atomic E-state index is 0.0225. The van der Waals surface area contributed by atoms with Crippen LogP contribution in [0.4, 0.5) is 0 Å². The average molecular weight is 443 g/mol. The lowest BCUT2D eigenvalue weighted by molar-refractivity contribution is -0.121. The summed E-state index contributed by atoms with van der Waals surface area (Å²) >= 11 is 0. The number of ether oxygens (including phenoxy) is 1. The Labute approximate surface area is 192 Å². The van der Waals surface area contributed by atoms with Crippen molar-refractivity contribution in [2.75, 3.05) is 0 Å². The number of rotatable bonds is 10. The quantitative estimate of drug-likeness (QED) is 0.399. The van der Waals surface area contributed by atoms with Crippen molar-refractivity contribution < 1.29 is 9.53 Å². The Morgan fingerprint density at radius 3 is 2.73 bits per heavy atom. The number of tetrazole rings is 1. The third-order valence-electron chi connectivity index (χ3n) is 5.10. The molecule has 1 amide bonds. The molecule has 0 saturated carbocycles. The van der Waals surface area contributed by atoms with Crippen LogP contribution in [0.25, 0.3) is 11.4 Å². The lowest BCUT2D eigenvalue weighted by Gasteiger charge is -2.15. The molecule has 4 rings (SSSR count). The molecule has 2 heterocycles. The van der Waals surface area contributed by atoms with E-state index in [1.54, 1.807) is 6.20 Å². The second kappa shape index (κ2) is 11.0. The number of hydrogen-bond acceptors (Lipinski definition) is 6. The summed E-state index contributed by atoms with van der Waals surface area (Å²) in [5, 5.41) is 15.6. The van der Waals surface area contributed by atoms with Gasteiger partial charge in [-0.15, -0.1) is 10.2 Å². The summed E-state index contributed by atoms with van der Waals surface area (Å²) in [6, 6.07) is 23.0. The number of hydrogen-bond donors (Lipinski definition) is 1. The third kappa shape index (κ3) is 6.46. The van der Waals surface area contributed by atoms with Gasteiger partial charge in [-0.05, 0) is 48.4 Å². The van der Waals surface area contributed by atoms with Gasteiger partial charge in [-0.1, -0.05) is 48.5 Å². The first-order valence-corrected chi connectivity index (χ1v) is 10.9. The second-order valence-corrected chi connectivity index (χ2v) is 7.65. The van der Waals surface area contributed by atoms with E-state index < -0.39 is 0 Å². The van der Waals surface area contributed by atoms with Crippen LogP contribution < -0.4 is 10.1 Å². The van der Waals surface area contributed by atoms with Crippen LogP contribution in [-0.4, -0.2) is 31.1 Å². The number of carbonyl (C=O) groups excluding carboxylic acids is 1. The molecule has 0 aliphatic rings. The molecule has 2 aromatic carbocycles. The Balaban J connectivity index is 1.23. The highest BCUT2D eigenvalue weighted by atomic mass is 16.5. The lowest BCUT2D eigenvalue weighted by Crippen LogP contribution is -2.26. The topological polar surface area (TPSA) is 94.8 Å². The van der Waals surface area contributed by atoms with Crippen molar-refractivity contribution in [2.45, 2.75) is 39.0 Å². The standard InChI is InChI=1S/C25H26N6O2/c1-19(21-11-7-13-23(17-21)33-18-22-12-5-6-15-26-22)27-24(32)14-8-16-31-29-25(28-30-31)20-9-3-2-4-10-20/h2-7,9-13,15,17,19H,8,14,16,18H2,1H3,(H,27,32). The van der Waals surface area contributed by atoms with Gasteiger partial charge in [-0.3, -0.25) is 9.78 Å². The predicted molar refractivity (Wildman–Crippen MR) is 124 cm³/mol. The van der Waals surface area contributed by atoms with Crippen LogP contribution in [0, 0.1) is 0 Å². The molecule has 4 aromatic rings. The minimum Gasteiger partial charge on any atom is -0.487 e. The fourth-order valence-electron chi connectivity index (χ4n) is 3.33. The number of aromatic nitrogens is 5. The van der Waals surface area contributed by atoms with Crippen molar-refractivity contribution in [2.24, 2.45) is 0 Å². The van der Waals surface area contributed by atoms with Crippen molar-refractivity contribution >= 4 is 5.91 Å². The Morgan fingerprint density at radius 1 is 1.06 bits per heavy atom. The summed E-state index contributed by atoms with van der Waals surface area (Å²) in [6.07, 6.45) is 2.74. The summed E-state index contributed by atoms with van der Waals surface area (Å²) in [5.74, 6) is 1.30. The summed E-state index contributed by atoms with van der Waals surface area (Å²) in [5.41, 5.74) is 2.76. The van der Waals surface area contributed by atoms with E-state index in [4.69, 9.17) is 4.74 Å². The second-order valence-electron chi connectivity index (χ2n) is 7.65. The van der Waals surface area contributed by atoms with E-state index in [-0.39, 0.29) is 11.9 Å². The van der Waals surface area contributed by atoms with Crippen LogP contribution in [0.15, 0.2) is 79.0 Å². The van der Waals surface area contributed by atoms with E-state index in [1.807, 2.05) is 79.7 Å². The van der Waals surface area contributed by atoms with Crippen molar-refractivity contribution in [1.29, 1.82) is 0 Å². The summed E-state index contributed by atoms with van der Waals surface area (Å²) < 4.78 is 5.84. The number of carbonyl (C=O) groups is 1. The number of pyridine rings is 1. The van der Waals surface area contributed by atoms with Crippen molar-refractivity contribution in [3.63, 3.8) is 0 Å². The molecule has 0 aliphatic heterocycles. The molecule has 8 nitrogen and oxygen atoms in total. The highest BCUT2D eigenvalue weighted by molar-refractivity contribution is 5.76. The minimum atomic E-state index is -0.134. The maximum Gasteiger partial charge on any atom is 0.220 e. The zero-order chi connectivity index (χ0) is 22.9. The van der Waals surface area contributed by atoms with E-state index in [0.717, 1.165) is 22.6 Å². The summed E-state index contributed by atoms with van der Waals surface area (Å²) in [6.45, 7) is 2.88. The predicted octanol–water partition coefficient (Wildman–Crippen LogP) is 3.97. The molecule has 33 heavy (non-hydrogen) atoms. The number of benzene rings is 2. The maximum atomic E-state index is 12.4. The molecule has 0 bridgehead atoms. The monoisotopic (exact) mass is 442 g/mol. The van der Waals surface area contributed by atoms with Crippen LogP contribution in [0.3, 0.4) is 0 Å². The zero-order valence-electron chi connectivity index (χ0n) is 18.5. The number of nitrogens with one attached hydrogen (secondary N) is 1. The molecule has 0 aliphatic carbocycles. The molecule has 0 saturated heterocycles. The molecule has 1 atom stereocenters. The van der Waals surface area contributed by atoms with Gasteiger partial charge in [-0.2, -0.15) is 4.80 Å². The summed E-state index contributed by atoms with van der Waals surface area (Å²) in [7, 11) is 0.